The average molecular weight is 403 g/mol. The van der Waals surface area contributed by atoms with E-state index in [1.165, 1.54) is 4.90 Å². The van der Waals surface area contributed by atoms with Crippen LogP contribution in [0.2, 0.25) is 0 Å². The smallest absolute Gasteiger partial charge is 0.272 e. The van der Waals surface area contributed by atoms with E-state index < -0.39 is 0 Å². The minimum atomic E-state index is 0.0933. The van der Waals surface area contributed by atoms with Crippen LogP contribution in [0.15, 0.2) is 46.3 Å². The molecule has 4 rings (SSSR count). The highest BCUT2D eigenvalue weighted by Crippen LogP contribution is 2.31. The van der Waals surface area contributed by atoms with Gasteiger partial charge < -0.3 is 9.64 Å². The molecule has 1 fully saturated rings. The number of ether oxygens (including phenoxy) is 1. The SMILES string of the molecule is CCSc1nc2cc(-c3ccccc3)sc2c(=O)n1CC[NH+]1CCOCC1. The summed E-state index contributed by atoms with van der Waals surface area (Å²) in [5, 5.41) is 0.833. The third kappa shape index (κ3) is 4.11. The van der Waals surface area contributed by atoms with E-state index in [1.807, 2.05) is 28.8 Å². The van der Waals surface area contributed by atoms with Crippen molar-refractivity contribution in [2.75, 3.05) is 38.6 Å². The molecule has 7 heteroatoms. The number of hydrogen-bond donors (Lipinski definition) is 1. The highest BCUT2D eigenvalue weighted by atomic mass is 32.2. The van der Waals surface area contributed by atoms with Gasteiger partial charge in [-0.25, -0.2) is 4.98 Å². The zero-order valence-corrected chi connectivity index (χ0v) is 17.1. The van der Waals surface area contributed by atoms with Crippen molar-refractivity contribution in [3.63, 3.8) is 0 Å². The maximum absolute atomic E-state index is 13.2. The van der Waals surface area contributed by atoms with E-state index in [-0.39, 0.29) is 5.56 Å². The Hall–Kier alpha value is -1.67. The molecular formula is C20H24N3O2S2+. The van der Waals surface area contributed by atoms with Crippen molar-refractivity contribution in [1.82, 2.24) is 9.55 Å². The molecule has 1 saturated heterocycles. The summed E-state index contributed by atoms with van der Waals surface area (Å²) in [4.78, 5) is 20.7. The molecule has 0 unspecified atom stereocenters. The van der Waals surface area contributed by atoms with Gasteiger partial charge in [0.15, 0.2) is 5.16 Å². The molecule has 27 heavy (non-hydrogen) atoms. The molecule has 0 bridgehead atoms. The molecular weight excluding hydrogens is 378 g/mol. The second kappa shape index (κ2) is 8.56. The minimum absolute atomic E-state index is 0.0933. The summed E-state index contributed by atoms with van der Waals surface area (Å²) in [6.45, 7) is 7.38. The predicted octanol–water partition coefficient (Wildman–Crippen LogP) is 2.15. The summed E-state index contributed by atoms with van der Waals surface area (Å²) >= 11 is 3.19. The maximum atomic E-state index is 13.2. The number of benzene rings is 1. The van der Waals surface area contributed by atoms with Crippen LogP contribution in [0.4, 0.5) is 0 Å². The third-order valence-corrected chi connectivity index (χ3v) is 6.84. The van der Waals surface area contributed by atoms with Gasteiger partial charge in [0, 0.05) is 4.88 Å². The van der Waals surface area contributed by atoms with E-state index >= 15 is 0 Å². The number of rotatable bonds is 6. The highest BCUT2D eigenvalue weighted by molar-refractivity contribution is 7.99. The molecule has 0 saturated carbocycles. The Balaban J connectivity index is 1.69. The van der Waals surface area contributed by atoms with E-state index in [9.17, 15) is 4.79 Å². The second-order valence-corrected chi connectivity index (χ2v) is 8.87. The van der Waals surface area contributed by atoms with Gasteiger partial charge in [-0.1, -0.05) is 49.0 Å². The fourth-order valence-electron chi connectivity index (χ4n) is 3.35. The number of fused-ring (bicyclic) bond motifs is 1. The van der Waals surface area contributed by atoms with Crippen LogP contribution in [0.1, 0.15) is 6.92 Å². The van der Waals surface area contributed by atoms with Crippen LogP contribution in [0.5, 0.6) is 0 Å². The van der Waals surface area contributed by atoms with E-state index in [2.05, 4.69) is 19.1 Å². The Labute approximate surface area is 167 Å². The first-order valence-electron chi connectivity index (χ1n) is 9.40. The van der Waals surface area contributed by atoms with Gasteiger partial charge in [0.2, 0.25) is 0 Å². The number of quaternary nitrogens is 1. The van der Waals surface area contributed by atoms with Crippen LogP contribution >= 0.6 is 23.1 Å². The number of thioether (sulfide) groups is 1. The fraction of sp³-hybridized carbons (Fsp3) is 0.400. The summed E-state index contributed by atoms with van der Waals surface area (Å²) in [6.07, 6.45) is 0. The Kier molecular flexibility index (Phi) is 5.92. The number of nitrogens with one attached hydrogen (secondary N) is 1. The standard InChI is InChI=1S/C20H23N3O2S2/c1-2-26-20-21-16-14-17(15-6-4-3-5-7-15)27-18(16)19(24)23(20)9-8-22-10-12-25-13-11-22/h3-7,14H,2,8-13H2,1H3/p+1. The molecule has 1 aliphatic heterocycles. The molecule has 142 valence electrons. The molecule has 0 atom stereocenters. The van der Waals surface area contributed by atoms with Crippen molar-refractivity contribution in [1.29, 1.82) is 0 Å². The zero-order valence-electron chi connectivity index (χ0n) is 15.4. The first-order chi connectivity index (χ1) is 13.3. The lowest BCUT2D eigenvalue weighted by Crippen LogP contribution is -3.14. The van der Waals surface area contributed by atoms with Gasteiger partial charge in [-0.2, -0.15) is 0 Å². The van der Waals surface area contributed by atoms with Gasteiger partial charge in [-0.15, -0.1) is 11.3 Å². The number of nitrogens with zero attached hydrogens (tertiary/aromatic N) is 2. The van der Waals surface area contributed by atoms with E-state index in [0.29, 0.717) is 6.54 Å². The average Bonchev–Trinajstić information content (AvgIpc) is 3.14. The summed E-state index contributed by atoms with van der Waals surface area (Å²) < 4.78 is 8.07. The molecule has 1 aliphatic rings. The lowest BCUT2D eigenvalue weighted by molar-refractivity contribution is -0.908. The Morgan fingerprint density at radius 1 is 1.26 bits per heavy atom. The van der Waals surface area contributed by atoms with Gasteiger partial charge in [0.25, 0.3) is 5.56 Å². The topological polar surface area (TPSA) is 48.6 Å². The monoisotopic (exact) mass is 402 g/mol. The lowest BCUT2D eigenvalue weighted by atomic mass is 10.2. The van der Waals surface area contributed by atoms with Gasteiger partial charge >= 0.3 is 0 Å². The number of morpholine rings is 1. The van der Waals surface area contributed by atoms with Crippen molar-refractivity contribution < 1.29 is 9.64 Å². The van der Waals surface area contributed by atoms with Crippen molar-refractivity contribution >= 4 is 33.3 Å². The Morgan fingerprint density at radius 2 is 2.04 bits per heavy atom. The maximum Gasteiger partial charge on any atom is 0.272 e. The predicted molar refractivity (Wildman–Crippen MR) is 112 cm³/mol. The second-order valence-electron chi connectivity index (χ2n) is 6.59. The molecule has 3 heterocycles. The van der Waals surface area contributed by atoms with E-state index in [4.69, 9.17) is 9.72 Å². The molecule has 0 radical (unpaired) electrons. The summed E-state index contributed by atoms with van der Waals surface area (Å²) in [6, 6.07) is 12.3. The number of aromatic nitrogens is 2. The summed E-state index contributed by atoms with van der Waals surface area (Å²) in [5.41, 5.74) is 2.04. The van der Waals surface area contributed by atoms with Crippen LogP contribution in [-0.4, -0.2) is 48.2 Å². The van der Waals surface area contributed by atoms with Gasteiger partial charge in [-0.05, 0) is 17.4 Å². The molecule has 3 aromatic rings. The van der Waals surface area contributed by atoms with Gasteiger partial charge in [0.1, 0.15) is 17.8 Å². The molecule has 5 nitrogen and oxygen atoms in total. The van der Waals surface area contributed by atoms with Crippen LogP contribution in [-0.2, 0) is 11.3 Å². The molecule has 0 spiro atoms. The molecule has 2 aromatic heterocycles. The molecule has 0 aliphatic carbocycles. The quantitative estimate of drug-likeness (QED) is 0.507. The van der Waals surface area contributed by atoms with Crippen LogP contribution in [0, 0.1) is 0 Å². The lowest BCUT2D eigenvalue weighted by Gasteiger charge is -2.24. The van der Waals surface area contributed by atoms with Crippen molar-refractivity contribution in [2.45, 2.75) is 18.6 Å². The van der Waals surface area contributed by atoms with Crippen molar-refractivity contribution in [3.8, 4) is 10.4 Å². The van der Waals surface area contributed by atoms with Gasteiger partial charge in [0.05, 0.1) is 31.8 Å². The minimum Gasteiger partial charge on any atom is -0.370 e. The molecule has 1 aromatic carbocycles. The largest absolute Gasteiger partial charge is 0.370 e. The van der Waals surface area contributed by atoms with Crippen LogP contribution < -0.4 is 10.5 Å². The summed E-state index contributed by atoms with van der Waals surface area (Å²) in [5.74, 6) is 0.901. The van der Waals surface area contributed by atoms with Crippen molar-refractivity contribution in [3.05, 3.63) is 46.8 Å². The third-order valence-electron chi connectivity index (χ3n) is 4.82. The van der Waals surface area contributed by atoms with E-state index in [0.717, 1.165) is 64.4 Å². The number of hydrogen-bond acceptors (Lipinski definition) is 5. The molecule has 0 amide bonds. The Bertz CT molecular complexity index is 963. The highest BCUT2D eigenvalue weighted by Gasteiger charge is 2.18. The first kappa shape index (κ1) is 18.7. The van der Waals surface area contributed by atoms with Crippen molar-refractivity contribution in [2.24, 2.45) is 0 Å². The molecule has 1 N–H and O–H groups in total. The van der Waals surface area contributed by atoms with E-state index in [1.54, 1.807) is 23.1 Å². The van der Waals surface area contributed by atoms with Gasteiger partial charge in [-0.3, -0.25) is 9.36 Å². The summed E-state index contributed by atoms with van der Waals surface area (Å²) in [7, 11) is 0. The Morgan fingerprint density at radius 3 is 2.78 bits per heavy atom. The van der Waals surface area contributed by atoms with Crippen LogP contribution in [0.3, 0.4) is 0 Å². The normalized spacial score (nSPS) is 15.4. The fourth-order valence-corrected chi connectivity index (χ4v) is 5.15. The number of thiophene rings is 1. The zero-order chi connectivity index (χ0) is 18.6. The van der Waals surface area contributed by atoms with Crippen LogP contribution in [0.25, 0.3) is 20.7 Å². The first-order valence-corrected chi connectivity index (χ1v) is 11.2.